The maximum Gasteiger partial charge on any atom is 0.329 e. The summed E-state index contributed by atoms with van der Waals surface area (Å²) < 4.78 is 0. The number of carboxylic acid groups (broad SMARTS) is 1. The van der Waals surface area contributed by atoms with Crippen molar-refractivity contribution in [1.29, 1.82) is 0 Å². The van der Waals surface area contributed by atoms with Gasteiger partial charge in [-0.3, -0.25) is 0 Å². The zero-order chi connectivity index (χ0) is 15.8. The molecule has 0 aromatic heterocycles. The number of carbonyl (C=O) groups excluding carboxylic acids is 1. The van der Waals surface area contributed by atoms with Gasteiger partial charge in [-0.2, -0.15) is 0 Å². The number of rotatable bonds is 2. The predicted octanol–water partition coefficient (Wildman–Crippen LogP) is 3.77. The summed E-state index contributed by atoms with van der Waals surface area (Å²) in [6.07, 6.45) is 1.08. The maximum absolute atomic E-state index is 12.3. The Bertz CT molecular complexity index is 606. The van der Waals surface area contributed by atoms with E-state index in [-0.39, 0.29) is 0 Å². The van der Waals surface area contributed by atoms with Gasteiger partial charge in [0.25, 0.3) is 0 Å². The Hall–Kier alpha value is -1.46. The van der Waals surface area contributed by atoms with Crippen LogP contribution in [0.2, 0.25) is 10.0 Å². The Morgan fingerprint density at radius 2 is 2.00 bits per heavy atom. The molecule has 0 radical (unpaired) electrons. The van der Waals surface area contributed by atoms with Crippen molar-refractivity contribution in [1.82, 2.24) is 4.90 Å². The fraction of sp³-hybridized carbons (Fsp3) is 0.429. The molecule has 21 heavy (non-hydrogen) atoms. The summed E-state index contributed by atoms with van der Waals surface area (Å²) in [6, 6.07) is 2.73. The number of aryl methyl sites for hydroxylation is 1. The summed E-state index contributed by atoms with van der Waals surface area (Å²) in [5.41, 5.74) is -0.0153. The second kappa shape index (κ2) is 5.73. The highest BCUT2D eigenvalue weighted by Gasteiger charge is 2.46. The fourth-order valence-corrected chi connectivity index (χ4v) is 2.87. The minimum atomic E-state index is -1.19. The standard InChI is InChI=1S/C14H16Cl2N2O3/c1-8-6-10(16)11(7-9(8)15)17-13(21)18-5-3-4-14(18,2)12(19)20/h6-7H,3-5H2,1-2H3,(H,17,21)(H,19,20). The number of hydrogen-bond donors (Lipinski definition) is 2. The number of nitrogens with one attached hydrogen (secondary N) is 1. The fourth-order valence-electron chi connectivity index (χ4n) is 2.44. The van der Waals surface area contributed by atoms with E-state index < -0.39 is 17.5 Å². The summed E-state index contributed by atoms with van der Waals surface area (Å²) in [4.78, 5) is 25.0. The van der Waals surface area contributed by atoms with Gasteiger partial charge in [-0.05, 0) is 44.4 Å². The topological polar surface area (TPSA) is 69.6 Å². The molecule has 0 saturated carbocycles. The first-order valence-electron chi connectivity index (χ1n) is 6.53. The molecular formula is C14H16Cl2N2O3. The number of aliphatic carboxylic acids is 1. The number of hydrogen-bond acceptors (Lipinski definition) is 2. The molecule has 1 aliphatic rings. The van der Waals surface area contributed by atoms with Gasteiger partial charge in [0.2, 0.25) is 0 Å². The Kier molecular flexibility index (Phi) is 4.35. The Morgan fingerprint density at radius 3 is 2.62 bits per heavy atom. The van der Waals surface area contributed by atoms with E-state index in [0.717, 1.165) is 5.56 Å². The highest BCUT2D eigenvalue weighted by molar-refractivity contribution is 6.36. The van der Waals surface area contributed by atoms with Crippen molar-refractivity contribution < 1.29 is 14.7 Å². The molecule has 1 saturated heterocycles. The quantitative estimate of drug-likeness (QED) is 0.867. The molecule has 1 aliphatic heterocycles. The molecule has 5 nitrogen and oxygen atoms in total. The number of halogens is 2. The molecule has 1 aromatic rings. The summed E-state index contributed by atoms with van der Waals surface area (Å²) in [5.74, 6) is -1.01. The van der Waals surface area contributed by atoms with Gasteiger partial charge in [0.1, 0.15) is 5.54 Å². The summed E-state index contributed by atoms with van der Waals surface area (Å²) in [5, 5.41) is 12.8. The lowest BCUT2D eigenvalue weighted by Crippen LogP contribution is -2.52. The van der Waals surface area contributed by atoms with Gasteiger partial charge in [0, 0.05) is 11.6 Å². The Labute approximate surface area is 132 Å². The first-order valence-corrected chi connectivity index (χ1v) is 7.29. The Morgan fingerprint density at radius 1 is 1.33 bits per heavy atom. The van der Waals surface area contributed by atoms with Crippen LogP contribution >= 0.6 is 23.2 Å². The van der Waals surface area contributed by atoms with E-state index in [1.165, 1.54) is 4.90 Å². The monoisotopic (exact) mass is 330 g/mol. The number of nitrogens with zero attached hydrogens (tertiary/aromatic N) is 1. The summed E-state index contributed by atoms with van der Waals surface area (Å²) in [6.45, 7) is 3.75. The van der Waals surface area contributed by atoms with E-state index in [4.69, 9.17) is 23.2 Å². The van der Waals surface area contributed by atoms with Crippen LogP contribution in [0.1, 0.15) is 25.3 Å². The average Bonchev–Trinajstić information content (AvgIpc) is 2.79. The van der Waals surface area contributed by atoms with Crippen molar-refractivity contribution in [3.8, 4) is 0 Å². The van der Waals surface area contributed by atoms with Crippen molar-refractivity contribution >= 4 is 40.9 Å². The number of likely N-dealkylation sites (tertiary alicyclic amines) is 1. The van der Waals surface area contributed by atoms with E-state index in [9.17, 15) is 14.7 Å². The number of urea groups is 1. The third-order valence-electron chi connectivity index (χ3n) is 3.84. The normalized spacial score (nSPS) is 21.4. The molecule has 1 atom stereocenters. The van der Waals surface area contributed by atoms with E-state index in [2.05, 4.69) is 5.32 Å². The van der Waals surface area contributed by atoms with Crippen molar-refractivity contribution in [3.63, 3.8) is 0 Å². The third-order valence-corrected chi connectivity index (χ3v) is 4.56. The molecule has 1 aromatic carbocycles. The number of amides is 2. The molecule has 0 bridgehead atoms. The maximum atomic E-state index is 12.3. The van der Waals surface area contributed by atoms with E-state index >= 15 is 0 Å². The zero-order valence-electron chi connectivity index (χ0n) is 11.7. The van der Waals surface area contributed by atoms with E-state index in [0.29, 0.717) is 35.1 Å². The van der Waals surface area contributed by atoms with Gasteiger partial charge in [-0.25, -0.2) is 9.59 Å². The van der Waals surface area contributed by atoms with Crippen LogP contribution in [0, 0.1) is 6.92 Å². The molecule has 1 unspecified atom stereocenters. The molecule has 0 aliphatic carbocycles. The van der Waals surface area contributed by atoms with Crippen LogP contribution in [-0.2, 0) is 4.79 Å². The van der Waals surface area contributed by atoms with Crippen molar-refractivity contribution in [2.45, 2.75) is 32.2 Å². The number of anilines is 1. The molecule has 2 amide bonds. The second-order valence-corrected chi connectivity index (χ2v) is 6.16. The van der Waals surface area contributed by atoms with Crippen LogP contribution in [-0.4, -0.2) is 34.1 Å². The largest absolute Gasteiger partial charge is 0.480 e. The van der Waals surface area contributed by atoms with Crippen LogP contribution < -0.4 is 5.32 Å². The minimum absolute atomic E-state index is 0.362. The molecule has 7 heteroatoms. The summed E-state index contributed by atoms with van der Waals surface area (Å²) >= 11 is 12.1. The lowest BCUT2D eigenvalue weighted by atomic mass is 10.00. The van der Waals surface area contributed by atoms with Crippen LogP contribution in [0.25, 0.3) is 0 Å². The molecule has 1 fully saturated rings. The highest BCUT2D eigenvalue weighted by atomic mass is 35.5. The van der Waals surface area contributed by atoms with Crippen LogP contribution in [0.3, 0.4) is 0 Å². The molecular weight excluding hydrogens is 315 g/mol. The number of benzene rings is 1. The summed E-state index contributed by atoms with van der Waals surface area (Å²) in [7, 11) is 0. The van der Waals surface area contributed by atoms with E-state index in [1.54, 1.807) is 19.1 Å². The van der Waals surface area contributed by atoms with E-state index in [1.807, 2.05) is 6.92 Å². The highest BCUT2D eigenvalue weighted by Crippen LogP contribution is 2.32. The van der Waals surface area contributed by atoms with Gasteiger partial charge >= 0.3 is 12.0 Å². The lowest BCUT2D eigenvalue weighted by Gasteiger charge is -2.31. The lowest BCUT2D eigenvalue weighted by molar-refractivity contribution is -0.146. The molecule has 114 valence electrons. The Balaban J connectivity index is 2.22. The molecule has 2 N–H and O–H groups in total. The van der Waals surface area contributed by atoms with Crippen molar-refractivity contribution in [2.24, 2.45) is 0 Å². The van der Waals surface area contributed by atoms with Gasteiger partial charge < -0.3 is 15.3 Å². The molecule has 2 rings (SSSR count). The first kappa shape index (κ1) is 15.9. The third kappa shape index (κ3) is 2.94. The molecule has 0 spiro atoms. The van der Waals surface area contributed by atoms with Crippen LogP contribution in [0.15, 0.2) is 12.1 Å². The van der Waals surface area contributed by atoms with Crippen molar-refractivity contribution in [2.75, 3.05) is 11.9 Å². The minimum Gasteiger partial charge on any atom is -0.480 e. The van der Waals surface area contributed by atoms with Gasteiger partial charge in [0.05, 0.1) is 10.7 Å². The van der Waals surface area contributed by atoms with Gasteiger partial charge in [-0.1, -0.05) is 23.2 Å². The number of carbonyl (C=O) groups is 2. The van der Waals surface area contributed by atoms with Crippen LogP contribution in [0.4, 0.5) is 10.5 Å². The zero-order valence-corrected chi connectivity index (χ0v) is 13.3. The molecule has 1 heterocycles. The van der Waals surface area contributed by atoms with Crippen molar-refractivity contribution in [3.05, 3.63) is 27.7 Å². The smallest absolute Gasteiger partial charge is 0.329 e. The first-order chi connectivity index (χ1) is 9.75. The predicted molar refractivity (Wildman–Crippen MR) is 82.2 cm³/mol. The second-order valence-electron chi connectivity index (χ2n) is 5.35. The number of carboxylic acids is 1. The average molecular weight is 331 g/mol. The van der Waals surface area contributed by atoms with Gasteiger partial charge in [-0.15, -0.1) is 0 Å². The van der Waals surface area contributed by atoms with Gasteiger partial charge in [0.15, 0.2) is 0 Å². The van der Waals surface area contributed by atoms with Crippen LogP contribution in [0.5, 0.6) is 0 Å². The SMILES string of the molecule is Cc1cc(Cl)c(NC(=O)N2CCCC2(C)C(=O)O)cc1Cl.